The molecule has 1 saturated heterocycles. The zero-order valence-electron chi connectivity index (χ0n) is 31.9. The van der Waals surface area contributed by atoms with Gasteiger partial charge in [0.25, 0.3) is 5.56 Å². The number of nitrogens with zero attached hydrogens (tertiary/aromatic N) is 2. The Morgan fingerprint density at radius 3 is 2.26 bits per heavy atom. The molecule has 1 aromatic heterocycles. The Hall–Kier alpha value is -4.86. The van der Waals surface area contributed by atoms with Crippen molar-refractivity contribution in [3.63, 3.8) is 0 Å². The normalized spacial score (nSPS) is 15.0. The van der Waals surface area contributed by atoms with Crippen molar-refractivity contribution in [1.29, 1.82) is 0 Å². The van der Waals surface area contributed by atoms with Gasteiger partial charge in [-0.15, -0.1) is 6.58 Å². The van der Waals surface area contributed by atoms with Gasteiger partial charge in [-0.25, -0.2) is 13.2 Å². The fraction of sp³-hybridized carbons (Fsp3) is 0.439. The number of allylic oxidation sites excluding steroid dienone is 3. The second kappa shape index (κ2) is 18.6. The van der Waals surface area contributed by atoms with Crippen molar-refractivity contribution in [2.45, 2.75) is 90.4 Å². The van der Waals surface area contributed by atoms with E-state index in [1.165, 1.54) is 13.8 Å². The topological polar surface area (TPSA) is 80.6 Å². The summed E-state index contributed by atoms with van der Waals surface area (Å²) >= 11 is 0. The molecule has 2 aromatic carbocycles. The molecule has 1 N–H and O–H groups in total. The second-order valence-corrected chi connectivity index (χ2v) is 14.1. The Morgan fingerprint density at radius 1 is 1.02 bits per heavy atom. The molecular weight excluding hydrogens is 769 g/mol. The Morgan fingerprint density at radius 2 is 1.68 bits per heavy atom. The first-order valence-corrected chi connectivity index (χ1v) is 18.2. The van der Waals surface area contributed by atoms with Gasteiger partial charge in [0.2, 0.25) is 5.91 Å². The average Bonchev–Trinajstić information content (AvgIpc) is 3.08. The number of rotatable bonds is 16. The molecule has 7 nitrogen and oxygen atoms in total. The zero-order valence-corrected chi connectivity index (χ0v) is 31.9. The summed E-state index contributed by atoms with van der Waals surface area (Å²) in [4.78, 5) is 42.1. The molecule has 0 aliphatic carbocycles. The van der Waals surface area contributed by atoms with Crippen LogP contribution in [0, 0.1) is 18.6 Å². The Balaban J connectivity index is 1.90. The maximum Gasteiger partial charge on any atom is 0.419 e. The number of esters is 1. The van der Waals surface area contributed by atoms with Gasteiger partial charge in [0.15, 0.2) is 0 Å². The lowest BCUT2D eigenvalue weighted by Gasteiger charge is -2.34. The molecule has 2 heterocycles. The largest absolute Gasteiger partial charge is 0.466 e. The maximum absolute atomic E-state index is 16.2. The number of amides is 1. The third-order valence-electron chi connectivity index (χ3n) is 9.58. The molecule has 0 bridgehead atoms. The summed E-state index contributed by atoms with van der Waals surface area (Å²) in [5, 5.41) is 2.40. The molecule has 0 saturated carbocycles. The van der Waals surface area contributed by atoms with Gasteiger partial charge in [0.05, 0.1) is 30.2 Å². The van der Waals surface area contributed by atoms with Crippen LogP contribution in [0.25, 0.3) is 11.1 Å². The number of hydrogen-bond donors (Lipinski definition) is 1. The van der Waals surface area contributed by atoms with Gasteiger partial charge in [-0.1, -0.05) is 17.7 Å². The van der Waals surface area contributed by atoms with Gasteiger partial charge < -0.3 is 14.6 Å². The number of hydrogen-bond acceptors (Lipinski definition) is 5. The minimum absolute atomic E-state index is 0.00702. The van der Waals surface area contributed by atoms with Crippen LogP contribution >= 0.6 is 0 Å². The number of aromatic nitrogens is 1. The van der Waals surface area contributed by atoms with Crippen LogP contribution in [0.5, 0.6) is 0 Å². The summed E-state index contributed by atoms with van der Waals surface area (Å²) in [5.41, 5.74) is -4.50. The number of alkyl halides is 7. The summed E-state index contributed by atoms with van der Waals surface area (Å²) in [6, 6.07) is 0.613. The van der Waals surface area contributed by atoms with E-state index in [-0.39, 0.29) is 79.7 Å². The number of likely N-dealkylation sites (tertiary alicyclic amines) is 1. The lowest BCUT2D eigenvalue weighted by molar-refractivity contribution is -0.144. The number of aryl methyl sites for hydroxylation is 1. The maximum atomic E-state index is 16.2. The van der Waals surface area contributed by atoms with Gasteiger partial charge in [-0.3, -0.25) is 19.3 Å². The van der Waals surface area contributed by atoms with Crippen LogP contribution in [0.2, 0.25) is 0 Å². The van der Waals surface area contributed by atoms with E-state index in [0.717, 1.165) is 29.0 Å². The number of ether oxygens (including phenoxy) is 1. The molecule has 3 aromatic rings. The molecule has 2 atom stereocenters. The molecule has 1 aliphatic rings. The highest BCUT2D eigenvalue weighted by atomic mass is 19.4. The van der Waals surface area contributed by atoms with E-state index >= 15 is 4.39 Å². The van der Waals surface area contributed by atoms with Gasteiger partial charge >= 0.3 is 18.3 Å². The molecule has 4 rings (SSSR count). The van der Waals surface area contributed by atoms with Crippen LogP contribution in [0.15, 0.2) is 65.6 Å². The Labute approximate surface area is 324 Å². The third-order valence-corrected chi connectivity index (χ3v) is 9.58. The first-order chi connectivity index (χ1) is 26.6. The van der Waals surface area contributed by atoms with E-state index in [2.05, 4.69) is 11.9 Å². The summed E-state index contributed by atoms with van der Waals surface area (Å²) in [7, 11) is 0. The van der Waals surface area contributed by atoms with E-state index < -0.39 is 82.8 Å². The standard InChI is InChI=1S/C41H44F9N3O4/c1-6-8-9-25-15-28(42)14-24(5)37(25)27-16-30(38(44)32(17-27)41(48,49)50)33(19-36(55)57-7-2)51-39(56)34(11-10-23(3)4)53-20-26(12-13-52-21-29(43)22-52)31(18-35(53)54)40(45,46)47/h6,8,14-18,20,29,33-34H,3,7,9-13,19,21-22H2,1-2,4-5H3,(H,51,56)/t33-,34-/m0/s1. The van der Waals surface area contributed by atoms with Crippen molar-refractivity contribution in [2.24, 2.45) is 0 Å². The lowest BCUT2D eigenvalue weighted by Crippen LogP contribution is -2.49. The van der Waals surface area contributed by atoms with Gasteiger partial charge in [0.1, 0.15) is 23.8 Å². The van der Waals surface area contributed by atoms with E-state index in [1.807, 2.05) is 0 Å². The molecular formula is C41H44F9N3O4. The van der Waals surface area contributed by atoms with Crippen LogP contribution in [0.4, 0.5) is 39.5 Å². The quantitative estimate of drug-likeness (QED) is 0.0887. The molecule has 1 amide bonds. The van der Waals surface area contributed by atoms with Crippen molar-refractivity contribution in [2.75, 3.05) is 26.2 Å². The summed E-state index contributed by atoms with van der Waals surface area (Å²) in [5.74, 6) is -4.67. The highest BCUT2D eigenvalue weighted by Gasteiger charge is 2.39. The molecule has 16 heteroatoms. The fourth-order valence-electron chi connectivity index (χ4n) is 6.82. The first kappa shape index (κ1) is 44.8. The smallest absolute Gasteiger partial charge is 0.419 e. The van der Waals surface area contributed by atoms with Crippen LogP contribution in [-0.2, 0) is 39.5 Å². The zero-order chi connectivity index (χ0) is 42.4. The number of halogens is 9. The molecule has 310 valence electrons. The summed E-state index contributed by atoms with van der Waals surface area (Å²) in [6.45, 7) is 9.79. The van der Waals surface area contributed by atoms with E-state index in [1.54, 1.807) is 30.9 Å². The first-order valence-electron chi connectivity index (χ1n) is 18.2. The minimum atomic E-state index is -5.29. The van der Waals surface area contributed by atoms with Crippen LogP contribution < -0.4 is 10.9 Å². The number of carbonyl (C=O) groups excluding carboxylic acids is 2. The number of benzene rings is 2. The second-order valence-electron chi connectivity index (χ2n) is 14.1. The van der Waals surface area contributed by atoms with Crippen molar-refractivity contribution >= 4 is 11.9 Å². The average molecular weight is 814 g/mol. The van der Waals surface area contributed by atoms with Gasteiger partial charge in [0, 0.05) is 37.5 Å². The molecule has 1 fully saturated rings. The number of nitrogens with one attached hydrogen (secondary N) is 1. The predicted octanol–water partition coefficient (Wildman–Crippen LogP) is 9.16. The van der Waals surface area contributed by atoms with Crippen molar-refractivity contribution < 1.29 is 53.8 Å². The molecule has 0 radical (unpaired) electrons. The number of carbonyl (C=O) groups is 2. The molecule has 1 aliphatic heterocycles. The molecule has 0 unspecified atom stereocenters. The van der Waals surface area contributed by atoms with Gasteiger partial charge in [-0.05, 0) is 105 Å². The highest BCUT2D eigenvalue weighted by molar-refractivity contribution is 5.82. The lowest BCUT2D eigenvalue weighted by atomic mass is 9.88. The van der Waals surface area contributed by atoms with Crippen LogP contribution in [-0.4, -0.2) is 53.8 Å². The molecule has 57 heavy (non-hydrogen) atoms. The van der Waals surface area contributed by atoms with Crippen molar-refractivity contribution in [1.82, 2.24) is 14.8 Å². The third kappa shape index (κ3) is 11.4. The van der Waals surface area contributed by atoms with Crippen LogP contribution in [0.1, 0.15) is 85.5 Å². The summed E-state index contributed by atoms with van der Waals surface area (Å²) in [6.07, 6.45) is -8.51. The van der Waals surface area contributed by atoms with Gasteiger partial charge in [-0.2, -0.15) is 26.3 Å². The number of pyridine rings is 1. The van der Waals surface area contributed by atoms with Crippen molar-refractivity contribution in [3.05, 3.63) is 116 Å². The van der Waals surface area contributed by atoms with E-state index in [9.17, 15) is 49.5 Å². The SMILES string of the molecule is C=C(C)CC[C@@H](C(=O)N[C@@H](CC(=O)OCC)c1cc(-c2c(C)cc(F)cc2CC=CC)cc(C(F)(F)F)c1F)n1cc(CCN2CC(F)C2)c(C(F)(F)F)cc1=O. The summed E-state index contributed by atoms with van der Waals surface area (Å²) < 4.78 is 136. The van der Waals surface area contributed by atoms with Crippen molar-refractivity contribution in [3.8, 4) is 11.1 Å². The Kier molecular flexibility index (Phi) is 14.6. The Bertz CT molecular complexity index is 2050. The fourth-order valence-corrected chi connectivity index (χ4v) is 6.82. The minimum Gasteiger partial charge on any atom is -0.466 e. The monoisotopic (exact) mass is 813 g/mol. The van der Waals surface area contributed by atoms with E-state index in [0.29, 0.717) is 17.7 Å². The molecule has 0 spiro atoms. The van der Waals surface area contributed by atoms with Crippen LogP contribution in [0.3, 0.4) is 0 Å². The highest BCUT2D eigenvalue weighted by Crippen LogP contribution is 2.41. The predicted molar refractivity (Wildman–Crippen MR) is 196 cm³/mol. The van der Waals surface area contributed by atoms with E-state index in [4.69, 9.17) is 4.74 Å².